The van der Waals surface area contributed by atoms with Gasteiger partial charge >= 0.3 is 0 Å². The van der Waals surface area contributed by atoms with Crippen molar-refractivity contribution >= 4 is 17.3 Å². The Morgan fingerprint density at radius 1 is 1.67 bits per heavy atom. The number of nitro benzene ring substituents is 1. The number of nitrogens with zero attached hydrogens (tertiary/aromatic N) is 1. The van der Waals surface area contributed by atoms with E-state index in [1.165, 1.54) is 25.1 Å². The molecule has 0 heterocycles. The van der Waals surface area contributed by atoms with Gasteiger partial charge in [0.15, 0.2) is 0 Å². The molecule has 0 saturated heterocycles. The van der Waals surface area contributed by atoms with Crippen molar-refractivity contribution in [3.05, 3.63) is 38.9 Å². The van der Waals surface area contributed by atoms with Crippen LogP contribution in [0.25, 0.3) is 0 Å². The average molecular weight is 231 g/mol. The van der Waals surface area contributed by atoms with Crippen molar-refractivity contribution in [2.75, 3.05) is 6.61 Å². The minimum atomic E-state index is -1.17. The smallest absolute Gasteiger partial charge is 0.274 e. The predicted molar refractivity (Wildman–Crippen MR) is 56.7 cm³/mol. The monoisotopic (exact) mass is 230 g/mol. The van der Waals surface area contributed by atoms with Crippen LogP contribution in [0.5, 0.6) is 0 Å². The van der Waals surface area contributed by atoms with E-state index in [4.69, 9.17) is 22.4 Å². The molecule has 0 aromatic heterocycles. The van der Waals surface area contributed by atoms with E-state index in [-0.39, 0.29) is 11.3 Å². The zero-order valence-corrected chi connectivity index (χ0v) is 8.86. The number of hydrogen-bond donors (Lipinski definition) is 2. The van der Waals surface area contributed by atoms with Crippen molar-refractivity contribution in [2.24, 2.45) is 5.73 Å². The summed E-state index contributed by atoms with van der Waals surface area (Å²) in [4.78, 5) is 10.2. The molecule has 15 heavy (non-hydrogen) atoms. The quantitative estimate of drug-likeness (QED) is 0.607. The van der Waals surface area contributed by atoms with E-state index in [2.05, 4.69) is 0 Å². The predicted octanol–water partition coefficient (Wildman–Crippen LogP) is 1.41. The highest BCUT2D eigenvalue weighted by Gasteiger charge is 2.29. The summed E-state index contributed by atoms with van der Waals surface area (Å²) < 4.78 is 0. The third kappa shape index (κ3) is 2.44. The fourth-order valence-corrected chi connectivity index (χ4v) is 1.38. The Balaban J connectivity index is 3.37. The first-order valence-electron chi connectivity index (χ1n) is 4.22. The maximum Gasteiger partial charge on any atom is 0.274 e. The van der Waals surface area contributed by atoms with Crippen LogP contribution >= 0.6 is 11.6 Å². The topological polar surface area (TPSA) is 89.4 Å². The first-order chi connectivity index (χ1) is 6.88. The molecule has 0 fully saturated rings. The van der Waals surface area contributed by atoms with Crippen molar-refractivity contribution in [3.63, 3.8) is 0 Å². The second-order valence-electron chi connectivity index (χ2n) is 3.49. The van der Waals surface area contributed by atoms with Crippen LogP contribution in [0.4, 0.5) is 5.69 Å². The van der Waals surface area contributed by atoms with Crippen LogP contribution in [0.1, 0.15) is 12.5 Å². The molecule has 3 N–H and O–H groups in total. The zero-order chi connectivity index (χ0) is 11.6. The van der Waals surface area contributed by atoms with Gasteiger partial charge in [-0.3, -0.25) is 10.1 Å². The number of nitro groups is 1. The van der Waals surface area contributed by atoms with Gasteiger partial charge in [0.25, 0.3) is 5.69 Å². The highest BCUT2D eigenvalue weighted by Crippen LogP contribution is 2.30. The average Bonchev–Trinajstić information content (AvgIpc) is 2.17. The number of rotatable bonds is 3. The molecule has 1 atom stereocenters. The summed E-state index contributed by atoms with van der Waals surface area (Å²) in [5.74, 6) is 0. The second-order valence-corrected chi connectivity index (χ2v) is 3.93. The minimum absolute atomic E-state index is 0.140. The van der Waals surface area contributed by atoms with Crippen LogP contribution in [0.2, 0.25) is 5.02 Å². The molecular weight excluding hydrogens is 220 g/mol. The standard InChI is InChI=1S/C9H11ClN2O3/c1-9(11,5-13)7-4-6(10)2-3-8(7)12(14)15/h2-4,13H,5,11H2,1H3. The van der Waals surface area contributed by atoms with E-state index in [9.17, 15) is 10.1 Å². The molecule has 82 valence electrons. The number of hydrogen-bond acceptors (Lipinski definition) is 4. The SMILES string of the molecule is CC(N)(CO)c1cc(Cl)ccc1[N+](=O)[O-]. The molecule has 6 heteroatoms. The number of aliphatic hydroxyl groups is 1. The first kappa shape index (κ1) is 11.9. The molecule has 0 aliphatic heterocycles. The molecule has 5 nitrogen and oxygen atoms in total. The lowest BCUT2D eigenvalue weighted by atomic mass is 9.93. The van der Waals surface area contributed by atoms with Gasteiger partial charge in [-0.2, -0.15) is 0 Å². The molecule has 0 saturated carbocycles. The van der Waals surface area contributed by atoms with E-state index < -0.39 is 17.1 Å². The van der Waals surface area contributed by atoms with Crippen molar-refractivity contribution < 1.29 is 10.0 Å². The number of benzene rings is 1. The maximum absolute atomic E-state index is 10.7. The lowest BCUT2D eigenvalue weighted by Gasteiger charge is -2.21. The van der Waals surface area contributed by atoms with E-state index >= 15 is 0 Å². The van der Waals surface area contributed by atoms with Crippen molar-refractivity contribution in [2.45, 2.75) is 12.5 Å². The molecule has 0 spiro atoms. The summed E-state index contributed by atoms with van der Waals surface area (Å²) >= 11 is 5.72. The second kappa shape index (κ2) is 4.14. The molecule has 0 amide bonds. The molecule has 0 bridgehead atoms. The summed E-state index contributed by atoms with van der Waals surface area (Å²) in [5, 5.41) is 20.1. The lowest BCUT2D eigenvalue weighted by molar-refractivity contribution is -0.386. The van der Waals surface area contributed by atoms with Gasteiger partial charge in [0.2, 0.25) is 0 Å². The molecule has 0 aliphatic carbocycles. The fraction of sp³-hybridized carbons (Fsp3) is 0.333. The summed E-state index contributed by atoms with van der Waals surface area (Å²) in [6, 6.07) is 4.09. The molecule has 1 rings (SSSR count). The highest BCUT2D eigenvalue weighted by molar-refractivity contribution is 6.30. The Morgan fingerprint density at radius 2 is 2.27 bits per heavy atom. The van der Waals surface area contributed by atoms with Crippen molar-refractivity contribution in [3.8, 4) is 0 Å². The summed E-state index contributed by atoms with van der Waals surface area (Å²) in [6.07, 6.45) is 0. The van der Waals surface area contributed by atoms with Crippen LogP contribution in [0.3, 0.4) is 0 Å². The van der Waals surface area contributed by atoms with Gasteiger partial charge < -0.3 is 10.8 Å². The largest absolute Gasteiger partial charge is 0.394 e. The molecule has 1 aromatic carbocycles. The number of nitrogens with two attached hydrogens (primary N) is 1. The summed E-state index contributed by atoms with van der Waals surface area (Å²) in [6.45, 7) is 1.11. The summed E-state index contributed by atoms with van der Waals surface area (Å²) in [5.41, 5.74) is 4.64. The summed E-state index contributed by atoms with van der Waals surface area (Å²) in [7, 11) is 0. The van der Waals surface area contributed by atoms with Crippen LogP contribution in [0.15, 0.2) is 18.2 Å². The molecule has 0 radical (unpaired) electrons. The molecule has 0 aliphatic rings. The zero-order valence-electron chi connectivity index (χ0n) is 8.11. The van der Waals surface area contributed by atoms with Gasteiger partial charge in [-0.05, 0) is 19.1 Å². The van der Waals surface area contributed by atoms with Gasteiger partial charge in [-0.25, -0.2) is 0 Å². The van der Waals surface area contributed by atoms with Crippen molar-refractivity contribution in [1.29, 1.82) is 0 Å². The van der Waals surface area contributed by atoms with Crippen LogP contribution in [0, 0.1) is 10.1 Å². The normalized spacial score (nSPS) is 14.7. The van der Waals surface area contributed by atoms with Gasteiger partial charge in [0.05, 0.1) is 22.6 Å². The van der Waals surface area contributed by atoms with Gasteiger partial charge in [-0.1, -0.05) is 11.6 Å². The van der Waals surface area contributed by atoms with Crippen molar-refractivity contribution in [1.82, 2.24) is 0 Å². The molecule has 1 unspecified atom stereocenters. The number of halogens is 1. The van der Waals surface area contributed by atoms with Crippen LogP contribution in [-0.2, 0) is 5.54 Å². The van der Waals surface area contributed by atoms with E-state index in [1.807, 2.05) is 0 Å². The Bertz CT molecular complexity index is 393. The Morgan fingerprint density at radius 3 is 2.73 bits per heavy atom. The minimum Gasteiger partial charge on any atom is -0.394 e. The maximum atomic E-state index is 10.7. The first-order valence-corrected chi connectivity index (χ1v) is 4.60. The van der Waals surface area contributed by atoms with Gasteiger partial charge in [0, 0.05) is 11.1 Å². The van der Waals surface area contributed by atoms with E-state index in [0.29, 0.717) is 5.02 Å². The Kier molecular flexibility index (Phi) is 3.28. The van der Waals surface area contributed by atoms with Gasteiger partial charge in [-0.15, -0.1) is 0 Å². The third-order valence-corrected chi connectivity index (χ3v) is 2.33. The fourth-order valence-electron chi connectivity index (χ4n) is 1.21. The third-order valence-electron chi connectivity index (χ3n) is 2.10. The number of aliphatic hydroxyl groups excluding tert-OH is 1. The van der Waals surface area contributed by atoms with Gasteiger partial charge in [0.1, 0.15) is 0 Å². The lowest BCUT2D eigenvalue weighted by Crippen LogP contribution is -2.37. The van der Waals surface area contributed by atoms with E-state index in [1.54, 1.807) is 0 Å². The Labute approximate surface area is 91.6 Å². The molecule has 1 aromatic rings. The van der Waals surface area contributed by atoms with Crippen LogP contribution in [-0.4, -0.2) is 16.6 Å². The van der Waals surface area contributed by atoms with Crippen LogP contribution < -0.4 is 5.73 Å². The highest BCUT2D eigenvalue weighted by atomic mass is 35.5. The Hall–Kier alpha value is -1.17. The molecular formula is C9H11ClN2O3. The van der Waals surface area contributed by atoms with E-state index in [0.717, 1.165) is 0 Å².